The van der Waals surface area contributed by atoms with E-state index in [1.807, 2.05) is 0 Å². The zero-order valence-corrected chi connectivity index (χ0v) is 42.9. The highest BCUT2D eigenvalue weighted by Gasteiger charge is 2.19. The van der Waals surface area contributed by atoms with E-state index in [-0.39, 0.29) is 31.1 Å². The molecule has 0 aromatic rings. The smallest absolute Gasteiger partial charge is 0.306 e. The third kappa shape index (κ3) is 51.3. The van der Waals surface area contributed by atoms with Gasteiger partial charge in [-0.1, -0.05) is 290 Å². The first-order chi connectivity index (χ1) is 31.0. The summed E-state index contributed by atoms with van der Waals surface area (Å²) in [5.74, 6) is -0.837. The quantitative estimate of drug-likeness (QED) is 0.0344. The van der Waals surface area contributed by atoms with Gasteiger partial charge in [0.25, 0.3) is 0 Å². The minimum Gasteiger partial charge on any atom is -0.462 e. The van der Waals surface area contributed by atoms with Crippen LogP contribution in [0.1, 0.15) is 329 Å². The highest BCUT2D eigenvalue weighted by atomic mass is 16.6. The van der Waals surface area contributed by atoms with E-state index in [1.54, 1.807) is 0 Å². The van der Waals surface area contributed by atoms with Gasteiger partial charge in [0, 0.05) is 19.3 Å². The molecule has 1 atom stereocenters. The first-order valence-corrected chi connectivity index (χ1v) is 28.5. The summed E-state index contributed by atoms with van der Waals surface area (Å²) in [6, 6.07) is 0. The van der Waals surface area contributed by atoms with Crippen LogP contribution in [-0.4, -0.2) is 37.2 Å². The molecule has 6 heteroatoms. The zero-order valence-electron chi connectivity index (χ0n) is 42.9. The molecule has 0 spiro atoms. The Kier molecular flexibility index (Phi) is 51.7. The summed E-state index contributed by atoms with van der Waals surface area (Å²) < 4.78 is 16.8. The van der Waals surface area contributed by atoms with Gasteiger partial charge < -0.3 is 14.2 Å². The average Bonchev–Trinajstić information content (AvgIpc) is 3.28. The Morgan fingerprint density at radius 2 is 0.429 bits per heavy atom. The van der Waals surface area contributed by atoms with Crippen molar-refractivity contribution in [3.05, 3.63) is 0 Å². The lowest BCUT2D eigenvalue weighted by Gasteiger charge is -2.18. The van der Waals surface area contributed by atoms with Crippen LogP contribution in [0.2, 0.25) is 0 Å². The molecule has 0 heterocycles. The van der Waals surface area contributed by atoms with E-state index >= 15 is 0 Å². The van der Waals surface area contributed by atoms with Crippen LogP contribution < -0.4 is 0 Å². The lowest BCUT2D eigenvalue weighted by Crippen LogP contribution is -2.30. The summed E-state index contributed by atoms with van der Waals surface area (Å²) in [6.45, 7) is 6.69. The first kappa shape index (κ1) is 61.4. The van der Waals surface area contributed by atoms with Crippen molar-refractivity contribution in [3.63, 3.8) is 0 Å². The van der Waals surface area contributed by atoms with Gasteiger partial charge in [0.05, 0.1) is 0 Å². The summed E-state index contributed by atoms with van der Waals surface area (Å²) >= 11 is 0. The number of hydrogen-bond acceptors (Lipinski definition) is 6. The van der Waals surface area contributed by atoms with E-state index in [2.05, 4.69) is 20.8 Å². The van der Waals surface area contributed by atoms with E-state index < -0.39 is 6.10 Å². The number of esters is 3. The molecular formula is C57H110O6. The largest absolute Gasteiger partial charge is 0.462 e. The fourth-order valence-corrected chi connectivity index (χ4v) is 8.80. The van der Waals surface area contributed by atoms with Crippen molar-refractivity contribution in [2.24, 2.45) is 0 Å². The Hall–Kier alpha value is -1.59. The van der Waals surface area contributed by atoms with Crippen LogP contribution in [-0.2, 0) is 28.6 Å². The van der Waals surface area contributed by atoms with Gasteiger partial charge in [-0.05, 0) is 19.3 Å². The molecule has 0 amide bonds. The van der Waals surface area contributed by atoms with Crippen LogP contribution in [0.25, 0.3) is 0 Å². The fourth-order valence-electron chi connectivity index (χ4n) is 8.80. The van der Waals surface area contributed by atoms with Gasteiger partial charge in [-0.25, -0.2) is 0 Å². The summed E-state index contributed by atoms with van der Waals surface area (Å²) in [5.41, 5.74) is 0. The number of ether oxygens (including phenoxy) is 3. The molecule has 374 valence electrons. The molecule has 63 heavy (non-hydrogen) atoms. The average molecular weight is 892 g/mol. The molecule has 0 rings (SSSR count). The van der Waals surface area contributed by atoms with Gasteiger partial charge in [0.15, 0.2) is 6.10 Å². The lowest BCUT2D eigenvalue weighted by atomic mass is 10.0. The minimum atomic E-state index is -0.760. The Morgan fingerprint density at radius 1 is 0.254 bits per heavy atom. The number of rotatable bonds is 53. The third-order valence-electron chi connectivity index (χ3n) is 13.1. The molecule has 6 nitrogen and oxygen atoms in total. The van der Waals surface area contributed by atoms with Crippen LogP contribution >= 0.6 is 0 Å². The molecule has 0 N–H and O–H groups in total. The van der Waals surface area contributed by atoms with E-state index in [1.165, 1.54) is 231 Å². The number of carbonyl (C=O) groups is 3. The van der Waals surface area contributed by atoms with Crippen molar-refractivity contribution in [2.75, 3.05) is 13.2 Å². The van der Waals surface area contributed by atoms with Crippen molar-refractivity contribution >= 4 is 17.9 Å². The Morgan fingerprint density at radius 3 is 0.635 bits per heavy atom. The third-order valence-corrected chi connectivity index (χ3v) is 13.1. The molecule has 0 aliphatic carbocycles. The maximum atomic E-state index is 12.8. The van der Waals surface area contributed by atoms with Gasteiger partial charge in [0.1, 0.15) is 13.2 Å². The fraction of sp³-hybridized carbons (Fsp3) is 0.947. The molecular weight excluding hydrogens is 781 g/mol. The number of hydrogen-bond donors (Lipinski definition) is 0. The van der Waals surface area contributed by atoms with Crippen molar-refractivity contribution < 1.29 is 28.6 Å². The van der Waals surface area contributed by atoms with Gasteiger partial charge >= 0.3 is 17.9 Å². The van der Waals surface area contributed by atoms with E-state index in [0.29, 0.717) is 19.3 Å². The van der Waals surface area contributed by atoms with Crippen molar-refractivity contribution in [2.45, 2.75) is 335 Å². The molecule has 0 fully saturated rings. The molecule has 0 saturated heterocycles. The second-order valence-electron chi connectivity index (χ2n) is 19.6. The van der Waals surface area contributed by atoms with Crippen molar-refractivity contribution in [1.82, 2.24) is 0 Å². The predicted molar refractivity (Wildman–Crippen MR) is 270 cm³/mol. The summed E-state index contributed by atoms with van der Waals surface area (Å²) in [7, 11) is 0. The second-order valence-corrected chi connectivity index (χ2v) is 19.6. The Labute approximate surface area is 393 Å². The predicted octanol–water partition coefficient (Wildman–Crippen LogP) is 18.8. The van der Waals surface area contributed by atoms with E-state index in [9.17, 15) is 14.4 Å². The maximum Gasteiger partial charge on any atom is 0.306 e. The van der Waals surface area contributed by atoms with E-state index in [4.69, 9.17) is 14.2 Å². The van der Waals surface area contributed by atoms with Crippen LogP contribution in [0.5, 0.6) is 0 Å². The minimum absolute atomic E-state index is 0.0614. The topological polar surface area (TPSA) is 78.9 Å². The molecule has 0 aromatic heterocycles. The SMILES string of the molecule is CCCCCCCCCCCCCCCCCCCCCCCC(=O)OCC(COC(=O)CCCCCCCCCCCC)OC(=O)CCCCCCCCCCCCCCCC. The maximum absolute atomic E-state index is 12.8. The van der Waals surface area contributed by atoms with Crippen LogP contribution in [0.4, 0.5) is 0 Å². The molecule has 0 radical (unpaired) electrons. The molecule has 0 aliphatic rings. The zero-order chi connectivity index (χ0) is 45.8. The van der Waals surface area contributed by atoms with Crippen LogP contribution in [0, 0.1) is 0 Å². The van der Waals surface area contributed by atoms with Crippen LogP contribution in [0.3, 0.4) is 0 Å². The molecule has 0 aliphatic heterocycles. The summed E-state index contributed by atoms with van der Waals surface area (Å²) in [4.78, 5) is 38.0. The standard InChI is InChI=1S/C57H110O6/c1-4-7-10-13-16-19-22-24-26-27-28-29-30-31-32-34-35-38-41-44-47-50-56(59)62-53-54(52-61-55(58)49-46-43-40-37-21-18-15-12-9-6-3)63-57(60)51-48-45-42-39-36-33-25-23-20-17-14-11-8-5-2/h54H,4-53H2,1-3H3. The van der Waals surface area contributed by atoms with Gasteiger partial charge in [-0.15, -0.1) is 0 Å². The van der Waals surface area contributed by atoms with Crippen molar-refractivity contribution in [1.29, 1.82) is 0 Å². The molecule has 0 aromatic carbocycles. The molecule has 0 saturated carbocycles. The number of unbranched alkanes of at least 4 members (excludes halogenated alkanes) is 42. The summed E-state index contributed by atoms with van der Waals surface area (Å²) in [5, 5.41) is 0. The van der Waals surface area contributed by atoms with Gasteiger partial charge in [-0.3, -0.25) is 14.4 Å². The highest BCUT2D eigenvalue weighted by molar-refractivity contribution is 5.71. The normalized spacial score (nSPS) is 11.9. The van der Waals surface area contributed by atoms with Gasteiger partial charge in [0.2, 0.25) is 0 Å². The van der Waals surface area contributed by atoms with Crippen molar-refractivity contribution in [3.8, 4) is 0 Å². The molecule has 1 unspecified atom stereocenters. The molecule has 0 bridgehead atoms. The second kappa shape index (κ2) is 53.0. The van der Waals surface area contributed by atoms with E-state index in [0.717, 1.165) is 57.8 Å². The summed E-state index contributed by atoms with van der Waals surface area (Å²) in [6.07, 6.45) is 58.1. The highest BCUT2D eigenvalue weighted by Crippen LogP contribution is 2.18. The lowest BCUT2D eigenvalue weighted by molar-refractivity contribution is -0.167. The monoisotopic (exact) mass is 891 g/mol. The Bertz CT molecular complexity index is 936. The first-order valence-electron chi connectivity index (χ1n) is 28.5. The van der Waals surface area contributed by atoms with Crippen LogP contribution in [0.15, 0.2) is 0 Å². The Balaban J connectivity index is 4.19. The number of carbonyl (C=O) groups excluding carboxylic acids is 3. The van der Waals surface area contributed by atoms with Gasteiger partial charge in [-0.2, -0.15) is 0 Å².